The number of nitrogens with zero attached hydrogens (tertiary/aromatic N) is 1. The number of hydrogen-bond acceptors (Lipinski definition) is 3. The van der Waals surface area contributed by atoms with E-state index in [0.717, 1.165) is 12.8 Å². The first-order chi connectivity index (χ1) is 9.18. The van der Waals surface area contributed by atoms with Gasteiger partial charge in [0.1, 0.15) is 0 Å². The lowest BCUT2D eigenvalue weighted by molar-refractivity contribution is -0.122. The predicted molar refractivity (Wildman–Crippen MR) is 67.5 cm³/mol. The molecule has 1 saturated carbocycles. The third kappa shape index (κ3) is 2.12. The van der Waals surface area contributed by atoms with E-state index < -0.39 is 0 Å². The fourth-order valence-electron chi connectivity index (χ4n) is 2.22. The highest BCUT2D eigenvalue weighted by molar-refractivity contribution is 6.21. The summed E-state index contributed by atoms with van der Waals surface area (Å²) in [4.78, 5) is 36.7. The first-order valence-electron chi connectivity index (χ1n) is 6.41. The SMILES string of the molecule is O=C(NCCN1C(=O)c2ccccc2C1=O)C1CC1. The zero-order valence-electron chi connectivity index (χ0n) is 10.4. The van der Waals surface area contributed by atoms with Crippen molar-refractivity contribution < 1.29 is 14.4 Å². The van der Waals surface area contributed by atoms with Gasteiger partial charge in [0.15, 0.2) is 0 Å². The van der Waals surface area contributed by atoms with Crippen LogP contribution in [0.4, 0.5) is 0 Å². The monoisotopic (exact) mass is 258 g/mol. The smallest absolute Gasteiger partial charge is 0.261 e. The van der Waals surface area contributed by atoms with Crippen LogP contribution in [-0.4, -0.2) is 35.7 Å². The molecule has 0 unspecified atom stereocenters. The second kappa shape index (κ2) is 4.50. The Balaban J connectivity index is 1.62. The van der Waals surface area contributed by atoms with Gasteiger partial charge in [-0.1, -0.05) is 12.1 Å². The van der Waals surface area contributed by atoms with Crippen molar-refractivity contribution in [1.82, 2.24) is 10.2 Å². The van der Waals surface area contributed by atoms with E-state index >= 15 is 0 Å². The van der Waals surface area contributed by atoms with Crippen LogP contribution in [-0.2, 0) is 4.79 Å². The fourth-order valence-corrected chi connectivity index (χ4v) is 2.22. The van der Waals surface area contributed by atoms with Gasteiger partial charge in [0.05, 0.1) is 11.1 Å². The number of nitrogens with one attached hydrogen (secondary N) is 1. The van der Waals surface area contributed by atoms with Crippen LogP contribution in [0.25, 0.3) is 0 Å². The summed E-state index contributed by atoms with van der Waals surface area (Å²) < 4.78 is 0. The minimum Gasteiger partial charge on any atom is -0.354 e. The van der Waals surface area contributed by atoms with Gasteiger partial charge in [0.2, 0.25) is 5.91 Å². The van der Waals surface area contributed by atoms with E-state index in [1.54, 1.807) is 24.3 Å². The molecule has 19 heavy (non-hydrogen) atoms. The molecule has 0 bridgehead atoms. The minimum atomic E-state index is -0.277. The third-order valence-corrected chi connectivity index (χ3v) is 3.46. The van der Waals surface area contributed by atoms with Gasteiger partial charge >= 0.3 is 0 Å². The van der Waals surface area contributed by atoms with Crippen molar-refractivity contribution in [3.63, 3.8) is 0 Å². The quantitative estimate of drug-likeness (QED) is 0.813. The summed E-state index contributed by atoms with van der Waals surface area (Å²) in [6.45, 7) is 0.547. The van der Waals surface area contributed by atoms with Crippen molar-refractivity contribution in [2.45, 2.75) is 12.8 Å². The fraction of sp³-hybridized carbons (Fsp3) is 0.357. The normalized spacial score (nSPS) is 17.6. The van der Waals surface area contributed by atoms with Crippen LogP contribution in [0, 0.1) is 5.92 Å². The van der Waals surface area contributed by atoms with Gasteiger partial charge in [-0.3, -0.25) is 19.3 Å². The number of rotatable bonds is 4. The van der Waals surface area contributed by atoms with Crippen molar-refractivity contribution in [3.8, 4) is 0 Å². The summed E-state index contributed by atoms with van der Waals surface area (Å²) in [5.41, 5.74) is 0.891. The summed E-state index contributed by atoms with van der Waals surface area (Å²) in [5.74, 6) is -0.388. The van der Waals surface area contributed by atoms with Crippen molar-refractivity contribution in [2.75, 3.05) is 13.1 Å². The average molecular weight is 258 g/mol. The number of hydrogen-bond donors (Lipinski definition) is 1. The van der Waals surface area contributed by atoms with E-state index in [0.29, 0.717) is 17.7 Å². The van der Waals surface area contributed by atoms with Crippen LogP contribution < -0.4 is 5.32 Å². The standard InChI is InChI=1S/C14H14N2O3/c17-12(9-5-6-9)15-7-8-16-13(18)10-3-1-2-4-11(10)14(16)19/h1-4,9H,5-8H2,(H,15,17). The van der Waals surface area contributed by atoms with E-state index in [2.05, 4.69) is 5.32 Å². The zero-order valence-corrected chi connectivity index (χ0v) is 10.4. The second-order valence-electron chi connectivity index (χ2n) is 4.87. The van der Waals surface area contributed by atoms with Crippen molar-refractivity contribution >= 4 is 17.7 Å². The second-order valence-corrected chi connectivity index (χ2v) is 4.87. The maximum atomic E-state index is 12.0. The summed E-state index contributed by atoms with van der Waals surface area (Å²) in [6, 6.07) is 6.78. The predicted octanol–water partition coefficient (Wildman–Crippen LogP) is 0.809. The Labute approximate surface area is 110 Å². The molecule has 1 N–H and O–H groups in total. The van der Waals surface area contributed by atoms with Crippen LogP contribution in [0.5, 0.6) is 0 Å². The molecule has 1 fully saturated rings. The number of carbonyl (C=O) groups is 3. The van der Waals surface area contributed by atoms with Crippen molar-refractivity contribution in [1.29, 1.82) is 0 Å². The molecule has 5 heteroatoms. The summed E-state index contributed by atoms with van der Waals surface area (Å²) in [5, 5.41) is 2.75. The molecule has 98 valence electrons. The maximum absolute atomic E-state index is 12.0. The lowest BCUT2D eigenvalue weighted by Crippen LogP contribution is -2.38. The molecule has 3 rings (SSSR count). The van der Waals surface area contributed by atoms with Crippen LogP contribution in [0.15, 0.2) is 24.3 Å². The summed E-state index contributed by atoms with van der Waals surface area (Å²) >= 11 is 0. The molecule has 1 heterocycles. The Morgan fingerprint density at radius 1 is 1.16 bits per heavy atom. The molecule has 1 aliphatic carbocycles. The number of carbonyl (C=O) groups excluding carboxylic acids is 3. The first kappa shape index (κ1) is 11.9. The van der Waals surface area contributed by atoms with Gasteiger partial charge in [0.25, 0.3) is 11.8 Å². The van der Waals surface area contributed by atoms with E-state index in [4.69, 9.17) is 0 Å². The van der Waals surface area contributed by atoms with Gasteiger partial charge < -0.3 is 5.32 Å². The van der Waals surface area contributed by atoms with E-state index in [1.807, 2.05) is 0 Å². The highest BCUT2D eigenvalue weighted by Gasteiger charge is 2.35. The number of amides is 3. The van der Waals surface area contributed by atoms with Gasteiger partial charge in [-0.05, 0) is 25.0 Å². The molecule has 0 saturated heterocycles. The highest BCUT2D eigenvalue weighted by Crippen LogP contribution is 2.28. The van der Waals surface area contributed by atoms with Crippen LogP contribution >= 0.6 is 0 Å². The molecule has 0 radical (unpaired) electrons. The van der Waals surface area contributed by atoms with E-state index in [9.17, 15) is 14.4 Å². The Morgan fingerprint density at radius 2 is 1.74 bits per heavy atom. The Bertz CT molecular complexity index is 529. The molecule has 0 aromatic heterocycles. The largest absolute Gasteiger partial charge is 0.354 e. The Kier molecular flexibility index (Phi) is 2.81. The molecular weight excluding hydrogens is 244 g/mol. The topological polar surface area (TPSA) is 66.5 Å². The molecule has 3 amide bonds. The molecule has 1 aromatic rings. The van der Waals surface area contributed by atoms with Gasteiger partial charge in [-0.15, -0.1) is 0 Å². The van der Waals surface area contributed by atoms with Crippen molar-refractivity contribution in [3.05, 3.63) is 35.4 Å². The van der Waals surface area contributed by atoms with Crippen LogP contribution in [0.2, 0.25) is 0 Å². The molecule has 1 aromatic carbocycles. The summed E-state index contributed by atoms with van der Waals surface area (Å²) in [7, 11) is 0. The van der Waals surface area contributed by atoms with Crippen LogP contribution in [0.1, 0.15) is 33.6 Å². The van der Waals surface area contributed by atoms with Gasteiger partial charge in [-0.2, -0.15) is 0 Å². The number of fused-ring (bicyclic) bond motifs is 1. The van der Waals surface area contributed by atoms with E-state index in [-0.39, 0.29) is 30.2 Å². The summed E-state index contributed by atoms with van der Waals surface area (Å²) in [6.07, 6.45) is 1.89. The molecule has 1 aliphatic heterocycles. The highest BCUT2D eigenvalue weighted by atomic mass is 16.2. The Morgan fingerprint density at radius 3 is 2.26 bits per heavy atom. The molecule has 2 aliphatic rings. The molecule has 0 spiro atoms. The van der Waals surface area contributed by atoms with Crippen LogP contribution in [0.3, 0.4) is 0 Å². The molecular formula is C14H14N2O3. The lowest BCUT2D eigenvalue weighted by atomic mass is 10.1. The minimum absolute atomic E-state index is 0.0246. The number of imide groups is 1. The lowest BCUT2D eigenvalue weighted by Gasteiger charge is -2.14. The molecule has 5 nitrogen and oxygen atoms in total. The maximum Gasteiger partial charge on any atom is 0.261 e. The average Bonchev–Trinajstić information content (AvgIpc) is 3.23. The van der Waals surface area contributed by atoms with Gasteiger partial charge in [-0.25, -0.2) is 0 Å². The zero-order chi connectivity index (χ0) is 13.4. The third-order valence-electron chi connectivity index (χ3n) is 3.46. The van der Waals surface area contributed by atoms with E-state index in [1.165, 1.54) is 4.90 Å². The number of benzene rings is 1. The van der Waals surface area contributed by atoms with Crippen molar-refractivity contribution in [2.24, 2.45) is 5.92 Å². The first-order valence-corrected chi connectivity index (χ1v) is 6.41. The Hall–Kier alpha value is -2.17. The van der Waals surface area contributed by atoms with Gasteiger partial charge in [0, 0.05) is 19.0 Å². The molecule has 0 atom stereocenters.